The van der Waals surface area contributed by atoms with E-state index < -0.39 is 18.0 Å². The summed E-state index contributed by atoms with van der Waals surface area (Å²) in [6.07, 6.45) is -0.262. The predicted molar refractivity (Wildman–Crippen MR) is 75.3 cm³/mol. The van der Waals surface area contributed by atoms with Gasteiger partial charge in [-0.1, -0.05) is 0 Å². The van der Waals surface area contributed by atoms with Crippen molar-refractivity contribution in [2.75, 3.05) is 5.32 Å². The van der Waals surface area contributed by atoms with Gasteiger partial charge in [-0.25, -0.2) is 14.8 Å². The van der Waals surface area contributed by atoms with Crippen LogP contribution < -0.4 is 5.32 Å². The van der Waals surface area contributed by atoms with Crippen LogP contribution in [-0.4, -0.2) is 43.1 Å². The lowest BCUT2D eigenvalue weighted by atomic mass is 10.1. The van der Waals surface area contributed by atoms with E-state index in [2.05, 4.69) is 20.3 Å². The molecular formula is C13H16N4O4. The van der Waals surface area contributed by atoms with E-state index in [4.69, 9.17) is 5.11 Å². The van der Waals surface area contributed by atoms with Crippen LogP contribution in [0.1, 0.15) is 24.4 Å². The minimum atomic E-state index is -1.12. The fraction of sp³-hybridized carbons (Fsp3) is 0.385. The standard InChI is InChI=1S/C13H16N4O4/c1-6-5-8-11(14-6)15-7(2)16-12(8)17-9(13(20)21)3-4-10(18)19/h5,9H,3-4H2,1-2H3,(H,18,19)(H,20,21)(H2,14,15,16,17). The van der Waals surface area contributed by atoms with Crippen LogP contribution in [0.15, 0.2) is 6.07 Å². The maximum absolute atomic E-state index is 11.2. The molecule has 0 aliphatic rings. The average Bonchev–Trinajstić information content (AvgIpc) is 2.73. The van der Waals surface area contributed by atoms with E-state index >= 15 is 0 Å². The molecule has 0 saturated carbocycles. The molecule has 21 heavy (non-hydrogen) atoms. The summed E-state index contributed by atoms with van der Waals surface area (Å²) in [7, 11) is 0. The number of carboxylic acid groups (broad SMARTS) is 2. The van der Waals surface area contributed by atoms with Crippen LogP contribution >= 0.6 is 0 Å². The Morgan fingerprint density at radius 3 is 2.67 bits per heavy atom. The molecule has 2 aromatic rings. The highest BCUT2D eigenvalue weighted by Gasteiger charge is 2.20. The van der Waals surface area contributed by atoms with Crippen molar-refractivity contribution in [3.63, 3.8) is 0 Å². The number of nitrogens with zero attached hydrogens (tertiary/aromatic N) is 2. The second-order valence-corrected chi connectivity index (χ2v) is 4.80. The van der Waals surface area contributed by atoms with E-state index in [1.807, 2.05) is 13.0 Å². The van der Waals surface area contributed by atoms with Crippen molar-refractivity contribution in [1.29, 1.82) is 0 Å². The van der Waals surface area contributed by atoms with Crippen LogP contribution in [0.2, 0.25) is 0 Å². The Bertz CT molecular complexity index is 695. The quantitative estimate of drug-likeness (QED) is 0.631. The maximum Gasteiger partial charge on any atom is 0.326 e. The summed E-state index contributed by atoms with van der Waals surface area (Å²) in [5.74, 6) is -1.27. The lowest BCUT2D eigenvalue weighted by Gasteiger charge is -2.15. The number of hydrogen-bond acceptors (Lipinski definition) is 5. The van der Waals surface area contributed by atoms with Crippen molar-refractivity contribution >= 4 is 28.8 Å². The second kappa shape index (κ2) is 5.78. The van der Waals surface area contributed by atoms with E-state index in [1.54, 1.807) is 6.92 Å². The highest BCUT2D eigenvalue weighted by molar-refractivity contribution is 5.90. The molecule has 0 bridgehead atoms. The number of anilines is 1. The Morgan fingerprint density at radius 2 is 2.05 bits per heavy atom. The van der Waals surface area contributed by atoms with Crippen LogP contribution in [0.5, 0.6) is 0 Å². The minimum absolute atomic E-state index is 0.0292. The number of aryl methyl sites for hydroxylation is 2. The van der Waals surface area contributed by atoms with Crippen LogP contribution in [0, 0.1) is 13.8 Å². The number of aromatic amines is 1. The normalized spacial score (nSPS) is 12.3. The summed E-state index contributed by atoms with van der Waals surface area (Å²) in [6, 6.07) is 0.793. The number of carbonyl (C=O) groups is 2. The Labute approximate surface area is 120 Å². The lowest BCUT2D eigenvalue weighted by molar-refractivity contribution is -0.139. The van der Waals surface area contributed by atoms with Gasteiger partial charge in [0.2, 0.25) is 0 Å². The zero-order chi connectivity index (χ0) is 15.6. The smallest absolute Gasteiger partial charge is 0.326 e. The lowest BCUT2D eigenvalue weighted by Crippen LogP contribution is -2.30. The number of nitrogens with one attached hydrogen (secondary N) is 2. The van der Waals surface area contributed by atoms with Crippen molar-refractivity contribution < 1.29 is 19.8 Å². The van der Waals surface area contributed by atoms with E-state index in [9.17, 15) is 14.7 Å². The highest BCUT2D eigenvalue weighted by atomic mass is 16.4. The van der Waals surface area contributed by atoms with Gasteiger partial charge < -0.3 is 20.5 Å². The molecule has 0 fully saturated rings. The first-order chi connectivity index (χ1) is 9.86. The van der Waals surface area contributed by atoms with Crippen LogP contribution in [0.3, 0.4) is 0 Å². The number of carboxylic acids is 2. The van der Waals surface area contributed by atoms with Crippen molar-refractivity contribution in [3.05, 3.63) is 17.6 Å². The Balaban J connectivity index is 2.31. The SMILES string of the molecule is Cc1nc(NC(CCC(=O)O)C(=O)O)c2cc(C)[nH]c2n1. The minimum Gasteiger partial charge on any atom is -0.481 e. The summed E-state index contributed by atoms with van der Waals surface area (Å²) in [6.45, 7) is 3.56. The number of aromatic nitrogens is 3. The first-order valence-corrected chi connectivity index (χ1v) is 6.42. The Hall–Kier alpha value is -2.64. The van der Waals surface area contributed by atoms with Gasteiger partial charge in [0.1, 0.15) is 23.3 Å². The Morgan fingerprint density at radius 1 is 1.33 bits per heavy atom. The summed E-state index contributed by atoms with van der Waals surface area (Å²) in [4.78, 5) is 33.3. The van der Waals surface area contributed by atoms with Gasteiger partial charge in [0, 0.05) is 12.1 Å². The average molecular weight is 292 g/mol. The number of H-pyrrole nitrogens is 1. The molecule has 2 aromatic heterocycles. The molecule has 4 N–H and O–H groups in total. The third-order valence-electron chi connectivity index (χ3n) is 2.99. The first kappa shape index (κ1) is 14.8. The summed E-state index contributed by atoms with van der Waals surface area (Å²) in [5.41, 5.74) is 1.50. The molecule has 0 aromatic carbocycles. The van der Waals surface area contributed by atoms with Gasteiger partial charge in [0.15, 0.2) is 0 Å². The summed E-state index contributed by atoms with van der Waals surface area (Å²) < 4.78 is 0. The van der Waals surface area contributed by atoms with Gasteiger partial charge in [-0.2, -0.15) is 0 Å². The predicted octanol–water partition coefficient (Wildman–Crippen LogP) is 1.30. The van der Waals surface area contributed by atoms with E-state index in [0.717, 1.165) is 5.69 Å². The molecule has 8 nitrogen and oxygen atoms in total. The van der Waals surface area contributed by atoms with Gasteiger partial charge in [-0.15, -0.1) is 0 Å². The van der Waals surface area contributed by atoms with Crippen LogP contribution in [0.25, 0.3) is 11.0 Å². The Kier molecular flexibility index (Phi) is 4.06. The molecule has 0 aliphatic carbocycles. The second-order valence-electron chi connectivity index (χ2n) is 4.80. The van der Waals surface area contributed by atoms with Crippen molar-refractivity contribution in [2.45, 2.75) is 32.7 Å². The summed E-state index contributed by atoms with van der Waals surface area (Å²) in [5, 5.41) is 21.3. The number of fused-ring (bicyclic) bond motifs is 1. The van der Waals surface area contributed by atoms with Crippen LogP contribution in [0.4, 0.5) is 5.82 Å². The van der Waals surface area contributed by atoms with Gasteiger partial charge in [0.25, 0.3) is 0 Å². The zero-order valence-corrected chi connectivity index (χ0v) is 11.7. The van der Waals surface area contributed by atoms with Crippen LogP contribution in [-0.2, 0) is 9.59 Å². The van der Waals surface area contributed by atoms with Gasteiger partial charge in [-0.05, 0) is 26.3 Å². The fourth-order valence-electron chi connectivity index (χ4n) is 2.05. The highest BCUT2D eigenvalue weighted by Crippen LogP contribution is 2.22. The molecular weight excluding hydrogens is 276 g/mol. The third-order valence-corrected chi connectivity index (χ3v) is 2.99. The monoisotopic (exact) mass is 292 g/mol. The topological polar surface area (TPSA) is 128 Å². The molecule has 0 spiro atoms. The molecule has 8 heteroatoms. The van der Waals surface area contributed by atoms with Crippen molar-refractivity contribution in [2.24, 2.45) is 0 Å². The van der Waals surface area contributed by atoms with Crippen molar-refractivity contribution in [1.82, 2.24) is 15.0 Å². The molecule has 0 radical (unpaired) electrons. The third kappa shape index (κ3) is 3.47. The number of hydrogen-bond donors (Lipinski definition) is 4. The van der Waals surface area contributed by atoms with E-state index in [-0.39, 0.29) is 12.8 Å². The molecule has 1 atom stereocenters. The van der Waals surface area contributed by atoms with Gasteiger partial charge >= 0.3 is 11.9 Å². The van der Waals surface area contributed by atoms with Crippen molar-refractivity contribution in [3.8, 4) is 0 Å². The molecule has 112 valence electrons. The molecule has 0 saturated heterocycles. The summed E-state index contributed by atoms with van der Waals surface area (Å²) >= 11 is 0. The molecule has 0 aliphatic heterocycles. The first-order valence-electron chi connectivity index (χ1n) is 6.42. The number of rotatable bonds is 6. The van der Waals surface area contributed by atoms with Gasteiger partial charge in [-0.3, -0.25) is 4.79 Å². The molecule has 1 unspecified atom stereocenters. The van der Waals surface area contributed by atoms with E-state index in [0.29, 0.717) is 22.7 Å². The maximum atomic E-state index is 11.2. The molecule has 2 heterocycles. The number of aliphatic carboxylic acids is 2. The van der Waals surface area contributed by atoms with E-state index in [1.165, 1.54) is 0 Å². The largest absolute Gasteiger partial charge is 0.481 e. The fourth-order valence-corrected chi connectivity index (χ4v) is 2.05. The zero-order valence-electron chi connectivity index (χ0n) is 11.7. The van der Waals surface area contributed by atoms with Gasteiger partial charge in [0.05, 0.1) is 5.39 Å². The molecule has 0 amide bonds. The molecule has 2 rings (SSSR count).